The largest absolute Gasteiger partial charge is 0.337 e. The number of aromatic nitrogens is 5. The van der Waals surface area contributed by atoms with Gasteiger partial charge in [-0.15, -0.1) is 0 Å². The molecule has 1 aromatic carbocycles. The number of nitrogens with zero attached hydrogens (tertiary/aromatic N) is 6. The van der Waals surface area contributed by atoms with E-state index in [1.54, 1.807) is 30.7 Å². The third kappa shape index (κ3) is 4.60. The van der Waals surface area contributed by atoms with Crippen LogP contribution in [0.2, 0.25) is 0 Å². The molecule has 0 unspecified atom stereocenters. The average Bonchev–Trinajstić information content (AvgIpc) is 2.76. The normalized spacial score (nSPS) is 11.4. The number of pyridine rings is 1. The van der Waals surface area contributed by atoms with Gasteiger partial charge in [-0.2, -0.15) is 4.98 Å². The molecule has 12 heteroatoms. The summed E-state index contributed by atoms with van der Waals surface area (Å²) in [6.45, 7) is 1.90. The van der Waals surface area contributed by atoms with Gasteiger partial charge in [-0.25, -0.2) is 13.4 Å². The van der Waals surface area contributed by atoms with Gasteiger partial charge in [0.15, 0.2) is 0 Å². The summed E-state index contributed by atoms with van der Waals surface area (Å²) >= 11 is 3.45. The SMILES string of the molecule is Cc1ccc(Nc2ncc(Br)c(Nc3ccc4nccnc4c3N(C)S(C)(=O)=O)n2)cn1. The van der Waals surface area contributed by atoms with Crippen LogP contribution in [0.5, 0.6) is 0 Å². The number of hydrogen-bond donors (Lipinski definition) is 2. The van der Waals surface area contributed by atoms with Gasteiger partial charge in [0.1, 0.15) is 17.0 Å². The second-order valence-electron chi connectivity index (χ2n) is 6.94. The zero-order valence-corrected chi connectivity index (χ0v) is 19.8. The van der Waals surface area contributed by atoms with Crippen LogP contribution in [-0.4, -0.2) is 46.6 Å². The molecule has 164 valence electrons. The molecule has 0 radical (unpaired) electrons. The maximum absolute atomic E-state index is 12.3. The van der Waals surface area contributed by atoms with Crippen LogP contribution in [0.3, 0.4) is 0 Å². The topological polar surface area (TPSA) is 126 Å². The minimum absolute atomic E-state index is 0.347. The van der Waals surface area contributed by atoms with Gasteiger partial charge >= 0.3 is 0 Å². The fourth-order valence-corrected chi connectivity index (χ4v) is 3.73. The molecule has 0 bridgehead atoms. The van der Waals surface area contributed by atoms with Crippen molar-refractivity contribution >= 4 is 65.8 Å². The molecule has 10 nitrogen and oxygen atoms in total. The molecule has 0 aliphatic rings. The molecule has 32 heavy (non-hydrogen) atoms. The van der Waals surface area contributed by atoms with Gasteiger partial charge in [0.25, 0.3) is 0 Å². The van der Waals surface area contributed by atoms with Crippen LogP contribution in [0.15, 0.2) is 53.5 Å². The summed E-state index contributed by atoms with van der Waals surface area (Å²) in [5, 5.41) is 6.30. The van der Waals surface area contributed by atoms with E-state index < -0.39 is 10.0 Å². The predicted octanol–water partition coefficient (Wildman–Crippen LogP) is 3.77. The molecule has 0 amide bonds. The molecule has 4 aromatic rings. The van der Waals surface area contributed by atoms with Crippen molar-refractivity contribution in [3.8, 4) is 0 Å². The Morgan fingerprint density at radius 1 is 0.969 bits per heavy atom. The van der Waals surface area contributed by atoms with Crippen LogP contribution >= 0.6 is 15.9 Å². The number of anilines is 5. The molecule has 3 aromatic heterocycles. The third-order valence-corrected chi connectivity index (χ3v) is 6.35. The highest BCUT2D eigenvalue weighted by molar-refractivity contribution is 9.10. The van der Waals surface area contributed by atoms with E-state index in [0.717, 1.165) is 17.6 Å². The van der Waals surface area contributed by atoms with Crippen molar-refractivity contribution < 1.29 is 8.42 Å². The standard InChI is InChI=1S/C20H19BrN8O2S/c1-12-4-5-13(10-24-12)26-20-25-11-14(21)19(28-20)27-16-7-6-15-17(23-9-8-22-15)18(16)29(2)32(3,30)31/h4-11H,1-3H3,(H2,25,26,27,28). The number of nitrogens with one attached hydrogen (secondary N) is 2. The highest BCUT2D eigenvalue weighted by Gasteiger charge is 2.21. The van der Waals surface area contributed by atoms with E-state index in [4.69, 9.17) is 0 Å². The lowest BCUT2D eigenvalue weighted by Gasteiger charge is -2.22. The Morgan fingerprint density at radius 2 is 1.75 bits per heavy atom. The average molecular weight is 515 g/mol. The van der Waals surface area contributed by atoms with E-state index in [2.05, 4.69) is 51.5 Å². The molecule has 0 atom stereocenters. The lowest BCUT2D eigenvalue weighted by Crippen LogP contribution is -2.26. The second kappa shape index (κ2) is 8.63. The van der Waals surface area contributed by atoms with E-state index in [1.165, 1.54) is 17.5 Å². The van der Waals surface area contributed by atoms with Crippen molar-refractivity contribution in [1.29, 1.82) is 0 Å². The molecule has 0 aliphatic heterocycles. The van der Waals surface area contributed by atoms with Gasteiger partial charge in [0.05, 0.1) is 33.8 Å². The van der Waals surface area contributed by atoms with Gasteiger partial charge < -0.3 is 10.6 Å². The van der Waals surface area contributed by atoms with Gasteiger partial charge in [-0.05, 0) is 47.1 Å². The Labute approximate surface area is 193 Å². The molecular formula is C20H19BrN8O2S. The zero-order chi connectivity index (χ0) is 22.9. The molecule has 0 aliphatic carbocycles. The van der Waals surface area contributed by atoms with E-state index in [0.29, 0.717) is 38.6 Å². The smallest absolute Gasteiger partial charge is 0.232 e. The predicted molar refractivity (Wildman–Crippen MR) is 128 cm³/mol. The van der Waals surface area contributed by atoms with Crippen LogP contribution in [0.1, 0.15) is 5.69 Å². The van der Waals surface area contributed by atoms with E-state index >= 15 is 0 Å². The van der Waals surface area contributed by atoms with E-state index in [9.17, 15) is 8.42 Å². The number of halogens is 1. The van der Waals surface area contributed by atoms with Crippen LogP contribution < -0.4 is 14.9 Å². The molecule has 0 fully saturated rings. The van der Waals surface area contributed by atoms with Crippen molar-refractivity contribution in [2.45, 2.75) is 6.92 Å². The number of hydrogen-bond acceptors (Lipinski definition) is 9. The molecule has 0 saturated heterocycles. The summed E-state index contributed by atoms with van der Waals surface area (Å²) in [5.74, 6) is 0.786. The fourth-order valence-electron chi connectivity index (χ4n) is 2.92. The molecule has 2 N–H and O–H groups in total. The highest BCUT2D eigenvalue weighted by Crippen LogP contribution is 2.36. The fraction of sp³-hybridized carbons (Fsp3) is 0.150. The minimum atomic E-state index is -3.56. The third-order valence-electron chi connectivity index (χ3n) is 4.59. The summed E-state index contributed by atoms with van der Waals surface area (Å²) in [4.78, 5) is 21.7. The number of benzene rings is 1. The van der Waals surface area contributed by atoms with E-state index in [1.807, 2.05) is 19.1 Å². The molecule has 3 heterocycles. The summed E-state index contributed by atoms with van der Waals surface area (Å²) < 4.78 is 26.4. The number of sulfonamides is 1. The first kappa shape index (κ1) is 21.8. The first-order valence-corrected chi connectivity index (χ1v) is 12.0. The first-order chi connectivity index (χ1) is 15.2. The van der Waals surface area contributed by atoms with Crippen LogP contribution in [0, 0.1) is 6.92 Å². The van der Waals surface area contributed by atoms with Crippen molar-refractivity contribution in [2.75, 3.05) is 28.2 Å². The zero-order valence-electron chi connectivity index (χ0n) is 17.4. The number of aryl methyl sites for hydroxylation is 1. The van der Waals surface area contributed by atoms with Crippen LogP contribution in [0.4, 0.5) is 28.8 Å². The van der Waals surface area contributed by atoms with Crippen LogP contribution in [-0.2, 0) is 10.0 Å². The summed E-state index contributed by atoms with van der Waals surface area (Å²) in [7, 11) is -2.09. The first-order valence-electron chi connectivity index (χ1n) is 9.39. The molecule has 4 rings (SSSR count). The van der Waals surface area contributed by atoms with Gasteiger partial charge in [0.2, 0.25) is 16.0 Å². The summed E-state index contributed by atoms with van der Waals surface area (Å²) in [6, 6.07) is 7.25. The van der Waals surface area contributed by atoms with Crippen LogP contribution in [0.25, 0.3) is 11.0 Å². The van der Waals surface area contributed by atoms with Gasteiger partial charge in [0, 0.05) is 31.3 Å². The van der Waals surface area contributed by atoms with Gasteiger partial charge in [-0.3, -0.25) is 19.3 Å². The van der Waals surface area contributed by atoms with Gasteiger partial charge in [-0.1, -0.05) is 0 Å². The monoisotopic (exact) mass is 514 g/mol. The Balaban J connectivity index is 1.75. The summed E-state index contributed by atoms with van der Waals surface area (Å²) in [5.41, 5.74) is 3.51. The summed E-state index contributed by atoms with van der Waals surface area (Å²) in [6.07, 6.45) is 7.49. The maximum Gasteiger partial charge on any atom is 0.232 e. The lowest BCUT2D eigenvalue weighted by atomic mass is 10.2. The highest BCUT2D eigenvalue weighted by atomic mass is 79.9. The van der Waals surface area contributed by atoms with Crippen molar-refractivity contribution in [3.05, 3.63) is 59.2 Å². The van der Waals surface area contributed by atoms with E-state index in [-0.39, 0.29) is 0 Å². The van der Waals surface area contributed by atoms with Crippen molar-refractivity contribution in [3.63, 3.8) is 0 Å². The number of fused-ring (bicyclic) bond motifs is 1. The molecular weight excluding hydrogens is 496 g/mol. The Morgan fingerprint density at radius 3 is 2.47 bits per heavy atom. The van der Waals surface area contributed by atoms with Crippen molar-refractivity contribution in [2.24, 2.45) is 0 Å². The minimum Gasteiger partial charge on any atom is -0.337 e. The molecule has 0 spiro atoms. The maximum atomic E-state index is 12.3. The lowest BCUT2D eigenvalue weighted by molar-refractivity contribution is 0.600. The number of rotatable bonds is 6. The van der Waals surface area contributed by atoms with Crippen molar-refractivity contribution in [1.82, 2.24) is 24.9 Å². The Bertz CT molecular complexity index is 1400. The quantitative estimate of drug-likeness (QED) is 0.395. The second-order valence-corrected chi connectivity index (χ2v) is 9.81. The molecule has 0 saturated carbocycles. The Kier molecular flexibility index (Phi) is 5.89. The Hall–Kier alpha value is -3.38.